The Hall–Kier alpha value is -1.71. The van der Waals surface area contributed by atoms with Gasteiger partial charge in [-0.3, -0.25) is 0 Å². The van der Waals surface area contributed by atoms with Crippen LogP contribution in [0.15, 0.2) is 18.2 Å². The molecule has 4 nitrogen and oxygen atoms in total. The highest BCUT2D eigenvalue weighted by atomic mass is 16.5. The van der Waals surface area contributed by atoms with Crippen molar-refractivity contribution in [2.24, 2.45) is 0 Å². The summed E-state index contributed by atoms with van der Waals surface area (Å²) in [6, 6.07) is 5.76. The predicted octanol–water partition coefficient (Wildman–Crippen LogP) is 3.85. The molecule has 1 rings (SSSR count). The molecule has 2 N–H and O–H groups in total. The van der Waals surface area contributed by atoms with Crippen LogP contribution in [-0.2, 0) is 4.74 Å². The normalized spacial score (nSPS) is 12.0. The van der Waals surface area contributed by atoms with Crippen molar-refractivity contribution in [1.82, 2.24) is 0 Å². The number of rotatable bonds is 8. The topological polar surface area (TPSA) is 55.6 Å². The number of carbonyl (C=O) groups is 1. The second kappa shape index (κ2) is 8.55. The number of nitrogen functional groups attached to an aromatic ring is 1. The number of unbranched alkanes of at least 4 members (excludes halogenated alkanes) is 1. The summed E-state index contributed by atoms with van der Waals surface area (Å²) in [5, 5.41) is 0. The molecule has 1 unspecified atom stereocenters. The summed E-state index contributed by atoms with van der Waals surface area (Å²) >= 11 is 0. The van der Waals surface area contributed by atoms with Gasteiger partial charge in [-0.25, -0.2) is 4.79 Å². The fourth-order valence-corrected chi connectivity index (χ4v) is 2.26. The van der Waals surface area contributed by atoms with Gasteiger partial charge in [0.05, 0.1) is 23.5 Å². The molecule has 1 aromatic carbocycles. The van der Waals surface area contributed by atoms with Crippen LogP contribution in [0.5, 0.6) is 0 Å². The molecule has 0 saturated carbocycles. The Morgan fingerprint density at radius 3 is 2.62 bits per heavy atom. The minimum atomic E-state index is -0.293. The third-order valence-corrected chi connectivity index (χ3v) is 3.73. The van der Waals surface area contributed by atoms with Gasteiger partial charge in [-0.15, -0.1) is 0 Å². The molecule has 0 radical (unpaired) electrons. The van der Waals surface area contributed by atoms with Crippen LogP contribution in [-0.4, -0.2) is 25.2 Å². The summed E-state index contributed by atoms with van der Waals surface area (Å²) in [4.78, 5) is 14.2. The number of nitrogens with zero attached hydrogens (tertiary/aromatic N) is 1. The molecule has 1 aromatic rings. The highest BCUT2D eigenvalue weighted by Gasteiger charge is 2.17. The Morgan fingerprint density at radius 2 is 2.05 bits per heavy atom. The monoisotopic (exact) mass is 292 g/mol. The number of hydrogen-bond acceptors (Lipinski definition) is 4. The van der Waals surface area contributed by atoms with Gasteiger partial charge in [0.15, 0.2) is 0 Å². The first-order valence-electron chi connectivity index (χ1n) is 7.88. The van der Waals surface area contributed by atoms with E-state index < -0.39 is 0 Å². The van der Waals surface area contributed by atoms with Crippen LogP contribution in [0.2, 0.25) is 0 Å². The van der Waals surface area contributed by atoms with Crippen molar-refractivity contribution in [3.05, 3.63) is 23.8 Å². The molecule has 0 bridgehead atoms. The number of ether oxygens (including phenoxy) is 1. The van der Waals surface area contributed by atoms with E-state index in [9.17, 15) is 4.79 Å². The van der Waals surface area contributed by atoms with Gasteiger partial charge in [0.1, 0.15) is 0 Å². The van der Waals surface area contributed by atoms with E-state index in [0.717, 1.165) is 31.5 Å². The second-order valence-corrected chi connectivity index (χ2v) is 5.30. The van der Waals surface area contributed by atoms with E-state index in [0.29, 0.717) is 23.9 Å². The van der Waals surface area contributed by atoms with E-state index in [1.165, 1.54) is 0 Å². The Balaban J connectivity index is 3.10. The molecule has 1 atom stereocenters. The first-order chi connectivity index (χ1) is 10.0. The third kappa shape index (κ3) is 4.66. The number of anilines is 2. The van der Waals surface area contributed by atoms with Crippen molar-refractivity contribution in [2.75, 3.05) is 23.8 Å². The molecule has 0 spiro atoms. The molecule has 0 saturated heterocycles. The van der Waals surface area contributed by atoms with Gasteiger partial charge in [0, 0.05) is 12.6 Å². The van der Waals surface area contributed by atoms with Gasteiger partial charge in [-0.2, -0.15) is 0 Å². The fraction of sp³-hybridized carbons (Fsp3) is 0.588. The van der Waals surface area contributed by atoms with Crippen LogP contribution < -0.4 is 10.6 Å². The molecular weight excluding hydrogens is 264 g/mol. The summed E-state index contributed by atoms with van der Waals surface area (Å²) in [6.07, 6.45) is 3.27. The maximum atomic E-state index is 11.9. The second-order valence-electron chi connectivity index (χ2n) is 5.30. The summed E-state index contributed by atoms with van der Waals surface area (Å²) in [6.45, 7) is 9.66. The average Bonchev–Trinajstić information content (AvgIpc) is 2.49. The third-order valence-electron chi connectivity index (χ3n) is 3.73. The zero-order valence-electron chi connectivity index (χ0n) is 13.7. The molecule has 0 aliphatic rings. The molecule has 0 aliphatic carbocycles. The summed E-state index contributed by atoms with van der Waals surface area (Å²) < 4.78 is 5.07. The quantitative estimate of drug-likeness (QED) is 0.584. The Bertz CT molecular complexity index is 460. The van der Waals surface area contributed by atoms with Crippen LogP contribution >= 0.6 is 0 Å². The van der Waals surface area contributed by atoms with E-state index >= 15 is 0 Å². The molecule has 0 aliphatic heterocycles. The van der Waals surface area contributed by atoms with Crippen LogP contribution in [0.4, 0.5) is 11.4 Å². The van der Waals surface area contributed by atoms with E-state index in [1.54, 1.807) is 12.1 Å². The van der Waals surface area contributed by atoms with E-state index in [2.05, 4.69) is 25.7 Å². The Morgan fingerprint density at radius 1 is 1.33 bits per heavy atom. The number of hydrogen-bond donors (Lipinski definition) is 1. The van der Waals surface area contributed by atoms with Crippen molar-refractivity contribution in [3.8, 4) is 0 Å². The first-order valence-corrected chi connectivity index (χ1v) is 7.88. The summed E-state index contributed by atoms with van der Waals surface area (Å²) in [5.74, 6) is -0.293. The fourth-order valence-electron chi connectivity index (χ4n) is 2.26. The van der Waals surface area contributed by atoms with Gasteiger partial charge >= 0.3 is 5.97 Å². The lowest BCUT2D eigenvalue weighted by Crippen LogP contribution is -2.34. The van der Waals surface area contributed by atoms with Crippen molar-refractivity contribution < 1.29 is 9.53 Å². The van der Waals surface area contributed by atoms with Gasteiger partial charge in [-0.1, -0.05) is 20.3 Å². The minimum Gasteiger partial charge on any atom is -0.462 e. The van der Waals surface area contributed by atoms with Gasteiger partial charge < -0.3 is 15.4 Å². The minimum absolute atomic E-state index is 0.293. The van der Waals surface area contributed by atoms with Crippen LogP contribution in [0.3, 0.4) is 0 Å². The molecule has 0 heterocycles. The van der Waals surface area contributed by atoms with Gasteiger partial charge in [0.2, 0.25) is 0 Å². The molecule has 118 valence electrons. The zero-order valence-corrected chi connectivity index (χ0v) is 13.7. The van der Waals surface area contributed by atoms with Crippen molar-refractivity contribution >= 4 is 17.3 Å². The molecule has 0 aromatic heterocycles. The van der Waals surface area contributed by atoms with Crippen LogP contribution in [0.1, 0.15) is 57.3 Å². The first kappa shape index (κ1) is 17.3. The van der Waals surface area contributed by atoms with Crippen LogP contribution in [0, 0.1) is 0 Å². The molecule has 4 heteroatoms. The maximum Gasteiger partial charge on any atom is 0.338 e. The molecule has 0 amide bonds. The number of benzene rings is 1. The molecule has 21 heavy (non-hydrogen) atoms. The Labute approximate surface area is 128 Å². The van der Waals surface area contributed by atoms with Crippen LogP contribution in [0.25, 0.3) is 0 Å². The zero-order chi connectivity index (χ0) is 15.8. The number of carbonyl (C=O) groups excluding carboxylic acids is 1. The largest absolute Gasteiger partial charge is 0.462 e. The summed E-state index contributed by atoms with van der Waals surface area (Å²) in [5.41, 5.74) is 8.34. The lowest BCUT2D eigenvalue weighted by Gasteiger charge is -2.32. The van der Waals surface area contributed by atoms with Gasteiger partial charge in [-0.05, 0) is 44.9 Å². The van der Waals surface area contributed by atoms with E-state index in [-0.39, 0.29) is 5.97 Å². The SMILES string of the molecule is CCCCN(c1cc(C(=O)OCC)ccc1N)C(C)CC. The smallest absolute Gasteiger partial charge is 0.338 e. The lowest BCUT2D eigenvalue weighted by atomic mass is 10.1. The average molecular weight is 292 g/mol. The number of nitrogens with two attached hydrogens (primary N) is 1. The number of esters is 1. The maximum absolute atomic E-state index is 11.9. The lowest BCUT2D eigenvalue weighted by molar-refractivity contribution is 0.0526. The Kier molecular flexibility index (Phi) is 7.06. The standard InChI is InChI=1S/C17H28N2O2/c1-5-8-11-19(13(4)6-2)16-12-14(9-10-15(16)18)17(20)21-7-3/h9-10,12-13H,5-8,11,18H2,1-4H3. The van der Waals surface area contributed by atoms with E-state index in [4.69, 9.17) is 10.5 Å². The molecule has 0 fully saturated rings. The van der Waals surface area contributed by atoms with E-state index in [1.807, 2.05) is 13.0 Å². The van der Waals surface area contributed by atoms with Crippen molar-refractivity contribution in [1.29, 1.82) is 0 Å². The predicted molar refractivity (Wildman–Crippen MR) is 88.8 cm³/mol. The molecular formula is C17H28N2O2. The highest BCUT2D eigenvalue weighted by molar-refractivity contribution is 5.92. The van der Waals surface area contributed by atoms with Crippen molar-refractivity contribution in [3.63, 3.8) is 0 Å². The summed E-state index contributed by atoms with van der Waals surface area (Å²) in [7, 11) is 0. The highest BCUT2D eigenvalue weighted by Crippen LogP contribution is 2.28. The van der Waals surface area contributed by atoms with Crippen molar-refractivity contribution in [2.45, 2.75) is 53.0 Å². The van der Waals surface area contributed by atoms with Gasteiger partial charge in [0.25, 0.3) is 0 Å².